The molecule has 6 nitrogen and oxygen atoms in total. The van der Waals surface area contributed by atoms with Gasteiger partial charge in [0.05, 0.1) is 7.11 Å². The van der Waals surface area contributed by atoms with Crippen LogP contribution in [0.3, 0.4) is 0 Å². The van der Waals surface area contributed by atoms with Gasteiger partial charge in [0.2, 0.25) is 5.91 Å². The highest BCUT2D eigenvalue weighted by Gasteiger charge is 2.52. The molecule has 0 saturated carbocycles. The Bertz CT molecular complexity index is 752. The Morgan fingerprint density at radius 2 is 1.79 bits per heavy atom. The number of hydrogen-bond acceptors (Lipinski definition) is 4. The van der Waals surface area contributed by atoms with Crippen molar-refractivity contribution in [2.45, 2.75) is 65.8 Å². The van der Waals surface area contributed by atoms with Gasteiger partial charge in [0, 0.05) is 24.9 Å². The lowest BCUT2D eigenvalue weighted by molar-refractivity contribution is -0.129. The number of ether oxygens (including phenoxy) is 2. The fourth-order valence-corrected chi connectivity index (χ4v) is 3.59. The standard InChI is InChI=1S/C21H31FN2O4/c1-20(2,3)18-23(7)17(25)16(24(18)19(26)28-21(4,5)6)11-13-9-10-14(27-8)12-15(13)22/h9-10,12,16,18H,11H2,1-8H3/t16?,18-/m0/s1. The van der Waals surface area contributed by atoms with Gasteiger partial charge in [-0.05, 0) is 32.4 Å². The third-order valence-electron chi connectivity index (χ3n) is 4.65. The van der Waals surface area contributed by atoms with Crippen LogP contribution < -0.4 is 4.74 Å². The van der Waals surface area contributed by atoms with Gasteiger partial charge in [-0.3, -0.25) is 9.69 Å². The van der Waals surface area contributed by atoms with Crippen molar-refractivity contribution < 1.29 is 23.5 Å². The van der Waals surface area contributed by atoms with E-state index in [9.17, 15) is 14.0 Å². The van der Waals surface area contributed by atoms with Crippen molar-refractivity contribution in [1.29, 1.82) is 0 Å². The van der Waals surface area contributed by atoms with E-state index in [4.69, 9.17) is 9.47 Å². The molecule has 156 valence electrons. The molecule has 1 heterocycles. The first kappa shape index (κ1) is 22.0. The summed E-state index contributed by atoms with van der Waals surface area (Å²) in [6.07, 6.45) is -1.02. The summed E-state index contributed by atoms with van der Waals surface area (Å²) < 4.78 is 25.1. The predicted octanol–water partition coefficient (Wildman–Crippen LogP) is 3.83. The van der Waals surface area contributed by atoms with Gasteiger partial charge in [0.1, 0.15) is 29.4 Å². The molecule has 1 fully saturated rings. The van der Waals surface area contributed by atoms with Crippen molar-refractivity contribution >= 4 is 12.0 Å². The van der Waals surface area contributed by atoms with Crippen molar-refractivity contribution in [3.05, 3.63) is 29.6 Å². The van der Waals surface area contributed by atoms with Gasteiger partial charge in [-0.1, -0.05) is 26.8 Å². The maximum Gasteiger partial charge on any atom is 0.412 e. The number of benzene rings is 1. The van der Waals surface area contributed by atoms with Crippen LogP contribution in [-0.2, 0) is 16.0 Å². The van der Waals surface area contributed by atoms with E-state index >= 15 is 0 Å². The topological polar surface area (TPSA) is 59.1 Å². The molecule has 0 aliphatic carbocycles. The zero-order chi connectivity index (χ0) is 21.4. The molecule has 7 heteroatoms. The maximum atomic E-state index is 14.5. The summed E-state index contributed by atoms with van der Waals surface area (Å²) in [5.41, 5.74) is -0.774. The Labute approximate surface area is 166 Å². The lowest BCUT2D eigenvalue weighted by atomic mass is 9.91. The largest absolute Gasteiger partial charge is 0.497 e. The third-order valence-corrected chi connectivity index (χ3v) is 4.65. The van der Waals surface area contributed by atoms with E-state index in [0.29, 0.717) is 11.3 Å². The Morgan fingerprint density at radius 3 is 2.25 bits per heavy atom. The third kappa shape index (κ3) is 4.56. The first-order valence-corrected chi connectivity index (χ1v) is 9.36. The molecule has 0 radical (unpaired) electrons. The van der Waals surface area contributed by atoms with Gasteiger partial charge in [-0.15, -0.1) is 0 Å². The highest BCUT2D eigenvalue weighted by molar-refractivity contribution is 5.89. The molecule has 28 heavy (non-hydrogen) atoms. The summed E-state index contributed by atoms with van der Waals surface area (Å²) in [6.45, 7) is 11.2. The van der Waals surface area contributed by atoms with Crippen molar-refractivity contribution in [2.75, 3.05) is 14.2 Å². The molecule has 2 atom stereocenters. The van der Waals surface area contributed by atoms with Crippen LogP contribution in [0.4, 0.5) is 9.18 Å². The van der Waals surface area contributed by atoms with Crippen LogP contribution in [0.2, 0.25) is 0 Å². The van der Waals surface area contributed by atoms with E-state index < -0.39 is 35.1 Å². The SMILES string of the molecule is COc1ccc(CC2C(=O)N(C)[C@H](C(C)(C)C)N2C(=O)OC(C)(C)C)c(F)c1. The molecule has 2 rings (SSSR count). The number of methoxy groups -OCH3 is 1. The number of likely N-dealkylation sites (N-methyl/N-ethyl adjacent to an activating group) is 1. The van der Waals surface area contributed by atoms with E-state index in [1.807, 2.05) is 20.8 Å². The highest BCUT2D eigenvalue weighted by atomic mass is 19.1. The number of halogens is 1. The molecule has 1 saturated heterocycles. The second-order valence-electron chi connectivity index (χ2n) is 9.25. The predicted molar refractivity (Wildman–Crippen MR) is 105 cm³/mol. The fourth-order valence-electron chi connectivity index (χ4n) is 3.59. The average molecular weight is 394 g/mol. The summed E-state index contributed by atoms with van der Waals surface area (Å²) in [6, 6.07) is 3.66. The first-order chi connectivity index (χ1) is 12.8. The van der Waals surface area contributed by atoms with E-state index in [1.165, 1.54) is 18.1 Å². The van der Waals surface area contributed by atoms with Gasteiger partial charge in [-0.25, -0.2) is 9.18 Å². The number of rotatable bonds is 3. The van der Waals surface area contributed by atoms with Crippen molar-refractivity contribution in [3.8, 4) is 5.75 Å². The molecule has 0 aromatic heterocycles. The summed E-state index contributed by atoms with van der Waals surface area (Å²) in [5.74, 6) is -0.313. The Morgan fingerprint density at radius 1 is 1.18 bits per heavy atom. The summed E-state index contributed by atoms with van der Waals surface area (Å²) >= 11 is 0. The quantitative estimate of drug-likeness (QED) is 0.782. The van der Waals surface area contributed by atoms with Crippen LogP contribution >= 0.6 is 0 Å². The minimum atomic E-state index is -0.841. The van der Waals surface area contributed by atoms with Crippen LogP contribution in [0, 0.1) is 11.2 Å². The van der Waals surface area contributed by atoms with Crippen molar-refractivity contribution in [1.82, 2.24) is 9.80 Å². The molecule has 1 aliphatic rings. The molecule has 2 amide bonds. The zero-order valence-electron chi connectivity index (χ0n) is 18.0. The molecule has 0 bridgehead atoms. The smallest absolute Gasteiger partial charge is 0.412 e. The minimum absolute atomic E-state index is 0.0603. The number of carbonyl (C=O) groups excluding carboxylic acids is 2. The van der Waals surface area contributed by atoms with Crippen LogP contribution in [0.15, 0.2) is 18.2 Å². The Balaban J connectivity index is 2.43. The maximum absolute atomic E-state index is 14.5. The van der Waals surface area contributed by atoms with Gasteiger partial charge in [0.25, 0.3) is 0 Å². The van der Waals surface area contributed by atoms with Gasteiger partial charge in [-0.2, -0.15) is 0 Å². The lowest BCUT2D eigenvalue weighted by Crippen LogP contribution is -2.52. The monoisotopic (exact) mass is 394 g/mol. The summed E-state index contributed by atoms with van der Waals surface area (Å²) in [4.78, 5) is 29.0. The van der Waals surface area contributed by atoms with Crippen LogP contribution in [0.1, 0.15) is 47.1 Å². The second kappa shape index (κ2) is 7.60. The van der Waals surface area contributed by atoms with E-state index in [-0.39, 0.29) is 12.3 Å². The molecule has 1 aromatic carbocycles. The normalized spacial score (nSPS) is 20.5. The van der Waals surface area contributed by atoms with Gasteiger partial charge >= 0.3 is 6.09 Å². The molecule has 0 spiro atoms. The van der Waals surface area contributed by atoms with Crippen LogP contribution in [0.25, 0.3) is 0 Å². The summed E-state index contributed by atoms with van der Waals surface area (Å²) in [5, 5.41) is 0. The lowest BCUT2D eigenvalue weighted by Gasteiger charge is -2.39. The van der Waals surface area contributed by atoms with E-state index in [2.05, 4.69) is 0 Å². The zero-order valence-corrected chi connectivity index (χ0v) is 18.0. The highest BCUT2D eigenvalue weighted by Crippen LogP contribution is 2.36. The Kier molecular flexibility index (Phi) is 5.97. The minimum Gasteiger partial charge on any atom is -0.497 e. The van der Waals surface area contributed by atoms with Crippen molar-refractivity contribution in [2.24, 2.45) is 5.41 Å². The number of carbonyl (C=O) groups is 2. The van der Waals surface area contributed by atoms with Gasteiger partial charge < -0.3 is 14.4 Å². The van der Waals surface area contributed by atoms with Gasteiger partial charge in [0.15, 0.2) is 0 Å². The second-order valence-corrected chi connectivity index (χ2v) is 9.25. The molecule has 1 aromatic rings. The average Bonchev–Trinajstić information content (AvgIpc) is 2.79. The summed E-state index contributed by atoms with van der Waals surface area (Å²) in [7, 11) is 3.13. The Hall–Kier alpha value is -2.31. The molecule has 1 unspecified atom stereocenters. The molecule has 1 aliphatic heterocycles. The van der Waals surface area contributed by atoms with Crippen LogP contribution in [0.5, 0.6) is 5.75 Å². The number of nitrogens with zero attached hydrogens (tertiary/aromatic N) is 2. The molecular weight excluding hydrogens is 363 g/mol. The number of hydrogen-bond donors (Lipinski definition) is 0. The van der Waals surface area contributed by atoms with Crippen molar-refractivity contribution in [3.63, 3.8) is 0 Å². The van der Waals surface area contributed by atoms with Crippen LogP contribution in [-0.4, -0.2) is 53.8 Å². The first-order valence-electron chi connectivity index (χ1n) is 9.36. The number of amides is 2. The molecule has 0 N–H and O–H groups in total. The van der Waals surface area contributed by atoms with E-state index in [0.717, 1.165) is 0 Å². The molecular formula is C21H31FN2O4. The van der Waals surface area contributed by atoms with E-state index in [1.54, 1.807) is 44.9 Å². The fraction of sp³-hybridized carbons (Fsp3) is 0.619.